The van der Waals surface area contributed by atoms with Crippen LogP contribution in [0.25, 0.3) is 0 Å². The molecule has 3 rings (SSSR count). The standard InChI is InChI=1S/C20H21ClN2O3S/c1-22(2)10-4-11-23-17(13-6-8-14(21)9-7-13)16(19(25)20(23)26)18(24)15-5-3-12-27-15/h3,5-9,12,17,25H,4,10-11H2,1-2H3/t17-/m1/s1. The fraction of sp³-hybridized carbons (Fsp3) is 0.300. The number of hydrogen-bond donors (Lipinski definition) is 1. The number of nitrogens with zero attached hydrogens (tertiary/aromatic N) is 2. The van der Waals surface area contributed by atoms with Gasteiger partial charge in [-0.15, -0.1) is 11.3 Å². The van der Waals surface area contributed by atoms with Crippen LogP contribution in [0, 0.1) is 0 Å². The third kappa shape index (κ3) is 4.08. The van der Waals surface area contributed by atoms with Gasteiger partial charge in [0.25, 0.3) is 5.91 Å². The van der Waals surface area contributed by atoms with Crippen molar-refractivity contribution in [3.05, 3.63) is 68.6 Å². The van der Waals surface area contributed by atoms with E-state index in [2.05, 4.69) is 0 Å². The van der Waals surface area contributed by atoms with Crippen molar-refractivity contribution in [3.8, 4) is 0 Å². The molecule has 0 spiro atoms. The Morgan fingerprint density at radius 1 is 1.26 bits per heavy atom. The van der Waals surface area contributed by atoms with E-state index < -0.39 is 17.7 Å². The minimum absolute atomic E-state index is 0.134. The molecule has 1 N–H and O–H groups in total. The van der Waals surface area contributed by atoms with Gasteiger partial charge in [0.1, 0.15) is 0 Å². The molecule has 0 radical (unpaired) electrons. The number of halogens is 1. The molecule has 1 amide bonds. The van der Waals surface area contributed by atoms with Crippen molar-refractivity contribution >= 4 is 34.6 Å². The van der Waals surface area contributed by atoms with Crippen LogP contribution in [-0.4, -0.2) is 53.8 Å². The van der Waals surface area contributed by atoms with Crippen molar-refractivity contribution in [2.75, 3.05) is 27.2 Å². The molecule has 0 bridgehead atoms. The Morgan fingerprint density at radius 2 is 1.96 bits per heavy atom. The first-order valence-electron chi connectivity index (χ1n) is 8.62. The van der Waals surface area contributed by atoms with E-state index in [-0.39, 0.29) is 11.4 Å². The van der Waals surface area contributed by atoms with Crippen LogP contribution in [-0.2, 0) is 4.79 Å². The quantitative estimate of drug-likeness (QED) is 0.710. The molecule has 7 heteroatoms. The highest BCUT2D eigenvalue weighted by Crippen LogP contribution is 2.39. The lowest BCUT2D eigenvalue weighted by molar-refractivity contribution is -0.129. The van der Waals surface area contributed by atoms with Crippen LogP contribution in [0.3, 0.4) is 0 Å². The largest absolute Gasteiger partial charge is 0.503 e. The molecule has 0 aliphatic carbocycles. The maximum Gasteiger partial charge on any atom is 0.290 e. The van der Waals surface area contributed by atoms with Gasteiger partial charge in [-0.05, 0) is 56.2 Å². The third-order valence-electron chi connectivity index (χ3n) is 4.48. The number of amides is 1. The Labute approximate surface area is 167 Å². The monoisotopic (exact) mass is 404 g/mol. The summed E-state index contributed by atoms with van der Waals surface area (Å²) in [6, 6.07) is 9.89. The zero-order chi connectivity index (χ0) is 19.6. The molecule has 27 heavy (non-hydrogen) atoms. The number of thiophene rings is 1. The van der Waals surface area contributed by atoms with Crippen LogP contribution in [0.5, 0.6) is 0 Å². The number of aliphatic hydroxyl groups excluding tert-OH is 1. The molecule has 0 saturated carbocycles. The highest BCUT2D eigenvalue weighted by molar-refractivity contribution is 7.12. The Balaban J connectivity index is 1.99. The first-order chi connectivity index (χ1) is 12.9. The minimum atomic E-state index is -0.619. The van der Waals surface area contributed by atoms with E-state index >= 15 is 0 Å². The average molecular weight is 405 g/mol. The fourth-order valence-corrected chi connectivity index (χ4v) is 4.01. The molecule has 1 atom stereocenters. The number of benzene rings is 1. The van der Waals surface area contributed by atoms with E-state index in [1.165, 1.54) is 11.3 Å². The number of aliphatic hydroxyl groups is 1. The van der Waals surface area contributed by atoms with E-state index in [1.807, 2.05) is 19.0 Å². The number of carbonyl (C=O) groups excluding carboxylic acids is 2. The van der Waals surface area contributed by atoms with Gasteiger partial charge in [0, 0.05) is 11.6 Å². The summed E-state index contributed by atoms with van der Waals surface area (Å²) in [6.07, 6.45) is 0.733. The Morgan fingerprint density at radius 3 is 2.56 bits per heavy atom. The van der Waals surface area contributed by atoms with E-state index in [9.17, 15) is 14.7 Å². The van der Waals surface area contributed by atoms with Crippen LogP contribution in [0.4, 0.5) is 0 Å². The van der Waals surface area contributed by atoms with Crippen molar-refractivity contribution < 1.29 is 14.7 Å². The average Bonchev–Trinajstić information content (AvgIpc) is 3.25. The molecule has 0 unspecified atom stereocenters. The van der Waals surface area contributed by atoms with Gasteiger partial charge in [0.05, 0.1) is 16.5 Å². The molecule has 0 saturated heterocycles. The maximum absolute atomic E-state index is 13.0. The number of rotatable bonds is 7. The lowest BCUT2D eigenvalue weighted by atomic mass is 9.95. The second-order valence-electron chi connectivity index (χ2n) is 6.68. The SMILES string of the molecule is CN(C)CCCN1C(=O)C(O)=C(C(=O)c2cccs2)[C@H]1c1ccc(Cl)cc1. The molecule has 2 heterocycles. The molecule has 0 fully saturated rings. The number of hydrogen-bond acceptors (Lipinski definition) is 5. The predicted octanol–water partition coefficient (Wildman–Crippen LogP) is 3.93. The van der Waals surface area contributed by atoms with Crippen molar-refractivity contribution in [3.63, 3.8) is 0 Å². The van der Waals surface area contributed by atoms with Crippen LogP contribution < -0.4 is 0 Å². The van der Waals surface area contributed by atoms with Gasteiger partial charge in [-0.1, -0.05) is 29.8 Å². The molecule has 1 aliphatic heterocycles. The van der Waals surface area contributed by atoms with Gasteiger partial charge in [-0.25, -0.2) is 0 Å². The van der Waals surface area contributed by atoms with Crippen LogP contribution in [0.15, 0.2) is 53.1 Å². The molecule has 1 aliphatic rings. The summed E-state index contributed by atoms with van der Waals surface area (Å²) in [6.45, 7) is 1.24. The molecule has 5 nitrogen and oxygen atoms in total. The second-order valence-corrected chi connectivity index (χ2v) is 8.06. The van der Waals surface area contributed by atoms with E-state index in [4.69, 9.17) is 11.6 Å². The van der Waals surface area contributed by atoms with Crippen molar-refractivity contribution in [2.45, 2.75) is 12.5 Å². The Hall–Kier alpha value is -2.15. The highest BCUT2D eigenvalue weighted by Gasteiger charge is 2.43. The second kappa shape index (κ2) is 8.25. The van der Waals surface area contributed by atoms with Gasteiger partial charge in [0.15, 0.2) is 5.76 Å². The summed E-state index contributed by atoms with van der Waals surface area (Å²) >= 11 is 7.29. The van der Waals surface area contributed by atoms with Crippen molar-refractivity contribution in [1.82, 2.24) is 9.80 Å². The van der Waals surface area contributed by atoms with Gasteiger partial charge >= 0.3 is 0 Å². The summed E-state index contributed by atoms with van der Waals surface area (Å²) in [5.74, 6) is -1.28. The van der Waals surface area contributed by atoms with Crippen molar-refractivity contribution in [1.29, 1.82) is 0 Å². The number of carbonyl (C=O) groups is 2. The summed E-state index contributed by atoms with van der Waals surface area (Å²) in [5.41, 5.74) is 0.885. The Bertz CT molecular complexity index is 860. The normalized spacial score (nSPS) is 17.3. The van der Waals surface area contributed by atoms with Crippen LogP contribution in [0.1, 0.15) is 27.7 Å². The predicted molar refractivity (Wildman–Crippen MR) is 107 cm³/mol. The zero-order valence-electron chi connectivity index (χ0n) is 15.2. The summed E-state index contributed by atoms with van der Waals surface area (Å²) in [4.78, 5) is 29.9. The van der Waals surface area contributed by atoms with Gasteiger partial charge in [0.2, 0.25) is 5.78 Å². The zero-order valence-corrected chi connectivity index (χ0v) is 16.8. The smallest absolute Gasteiger partial charge is 0.290 e. The number of Topliss-reactive ketones (excluding diaryl/α,β-unsaturated/α-hetero) is 1. The first kappa shape index (κ1) is 19.6. The van der Waals surface area contributed by atoms with Gasteiger partial charge < -0.3 is 14.9 Å². The summed E-state index contributed by atoms with van der Waals surface area (Å²) < 4.78 is 0. The van der Waals surface area contributed by atoms with Crippen LogP contribution >= 0.6 is 22.9 Å². The first-order valence-corrected chi connectivity index (χ1v) is 9.88. The number of ketones is 1. The third-order valence-corrected chi connectivity index (χ3v) is 5.60. The molecular weight excluding hydrogens is 384 g/mol. The molecule has 1 aromatic heterocycles. The highest BCUT2D eigenvalue weighted by atomic mass is 35.5. The topological polar surface area (TPSA) is 60.9 Å². The molecule has 1 aromatic carbocycles. The van der Waals surface area contributed by atoms with Crippen molar-refractivity contribution in [2.24, 2.45) is 0 Å². The summed E-state index contributed by atoms with van der Waals surface area (Å²) in [7, 11) is 3.92. The Kier molecular flexibility index (Phi) is 5.99. The van der Waals surface area contributed by atoms with Gasteiger partial charge in [-0.2, -0.15) is 0 Å². The van der Waals surface area contributed by atoms with E-state index in [1.54, 1.807) is 46.7 Å². The van der Waals surface area contributed by atoms with Crippen LogP contribution in [0.2, 0.25) is 5.02 Å². The lowest BCUT2D eigenvalue weighted by Gasteiger charge is -2.27. The lowest BCUT2D eigenvalue weighted by Crippen LogP contribution is -2.33. The maximum atomic E-state index is 13.0. The molecule has 142 valence electrons. The van der Waals surface area contributed by atoms with E-state index in [0.29, 0.717) is 16.4 Å². The molecule has 2 aromatic rings. The minimum Gasteiger partial charge on any atom is -0.503 e. The molecular formula is C20H21ClN2O3S. The summed E-state index contributed by atoms with van der Waals surface area (Å²) in [5, 5.41) is 12.9. The van der Waals surface area contributed by atoms with Gasteiger partial charge in [-0.3, -0.25) is 9.59 Å². The fourth-order valence-electron chi connectivity index (χ4n) is 3.21. The van der Waals surface area contributed by atoms with E-state index in [0.717, 1.165) is 18.5 Å².